The molecule has 0 aliphatic heterocycles. The molecule has 2 aromatic carbocycles. The molecule has 0 spiro atoms. The Kier molecular flexibility index (Phi) is 5.04. The van der Waals surface area contributed by atoms with E-state index < -0.39 is 15.7 Å². The van der Waals surface area contributed by atoms with E-state index in [9.17, 15) is 17.6 Å². The molecular weight excluding hydrogens is 407 g/mol. The zero-order valence-electron chi connectivity index (χ0n) is 15.9. The normalized spacial score (nSPS) is 11.5. The first-order valence-electron chi connectivity index (χ1n) is 9.02. The Morgan fingerprint density at radius 1 is 1.13 bits per heavy atom. The van der Waals surface area contributed by atoms with E-state index in [1.54, 1.807) is 42.0 Å². The molecule has 152 valence electrons. The van der Waals surface area contributed by atoms with Crippen molar-refractivity contribution in [1.29, 1.82) is 0 Å². The number of imidazole rings is 1. The second-order valence-corrected chi connectivity index (χ2v) is 8.64. The largest absolute Gasteiger partial charge is 0.348 e. The number of hydrogen-bond donors (Lipinski definition) is 1. The molecular formula is C21H17FN4O3S. The van der Waals surface area contributed by atoms with Crippen LogP contribution < -0.4 is 5.32 Å². The Morgan fingerprint density at radius 3 is 2.67 bits per heavy atom. The van der Waals surface area contributed by atoms with Crippen molar-refractivity contribution in [3.8, 4) is 0 Å². The summed E-state index contributed by atoms with van der Waals surface area (Å²) in [5.74, 6) is -0.427. The summed E-state index contributed by atoms with van der Waals surface area (Å²) < 4.78 is 40.8. The van der Waals surface area contributed by atoms with Crippen molar-refractivity contribution in [3.63, 3.8) is 0 Å². The van der Waals surface area contributed by atoms with E-state index >= 15 is 0 Å². The van der Waals surface area contributed by atoms with Crippen molar-refractivity contribution in [1.82, 2.24) is 19.7 Å². The number of aryl methyl sites for hydroxylation is 1. The average Bonchev–Trinajstić information content (AvgIpc) is 3.22. The summed E-state index contributed by atoms with van der Waals surface area (Å²) in [6.07, 6.45) is 6.35. The van der Waals surface area contributed by atoms with Crippen molar-refractivity contribution in [2.24, 2.45) is 0 Å². The molecule has 0 bridgehead atoms. The van der Waals surface area contributed by atoms with Crippen LogP contribution in [0.5, 0.6) is 0 Å². The molecule has 0 aliphatic carbocycles. The third-order valence-electron chi connectivity index (χ3n) is 4.63. The summed E-state index contributed by atoms with van der Waals surface area (Å²) in [7, 11) is -3.84. The van der Waals surface area contributed by atoms with E-state index in [2.05, 4.69) is 15.3 Å². The Bertz CT molecular complexity index is 1350. The smallest absolute Gasteiger partial charge is 0.254 e. The van der Waals surface area contributed by atoms with Crippen LogP contribution >= 0.6 is 0 Å². The Hall–Kier alpha value is -3.59. The SMILES string of the molecule is Cc1ccc(F)cc1S(=O)(=O)c1ccc(CNC(=O)c2cnc3nccn3c2)cc1. The van der Waals surface area contributed by atoms with Gasteiger partial charge in [0.15, 0.2) is 0 Å². The molecule has 0 unspecified atom stereocenters. The minimum Gasteiger partial charge on any atom is -0.348 e. The number of nitrogens with zero attached hydrogens (tertiary/aromatic N) is 3. The molecule has 7 nitrogen and oxygen atoms in total. The second-order valence-electron chi connectivity index (χ2n) is 6.72. The lowest BCUT2D eigenvalue weighted by molar-refractivity contribution is 0.0950. The van der Waals surface area contributed by atoms with Crippen LogP contribution in [0.25, 0.3) is 5.78 Å². The van der Waals surface area contributed by atoms with Crippen LogP contribution in [-0.4, -0.2) is 28.7 Å². The number of amides is 1. The highest BCUT2D eigenvalue weighted by molar-refractivity contribution is 7.91. The zero-order chi connectivity index (χ0) is 21.3. The fourth-order valence-electron chi connectivity index (χ4n) is 2.99. The first-order chi connectivity index (χ1) is 14.3. The van der Waals surface area contributed by atoms with Crippen LogP contribution in [-0.2, 0) is 16.4 Å². The van der Waals surface area contributed by atoms with E-state index in [1.165, 1.54) is 30.5 Å². The molecule has 1 amide bonds. The highest BCUT2D eigenvalue weighted by Crippen LogP contribution is 2.25. The molecule has 4 rings (SSSR count). The standard InChI is InChI=1S/C21H17FN4O3S/c1-14-2-5-17(22)10-19(14)30(28,29)18-6-3-15(4-7-18)11-24-20(27)16-12-25-21-23-8-9-26(21)13-16/h2-10,12-13H,11H2,1H3,(H,24,27). The number of halogens is 1. The average molecular weight is 424 g/mol. The Labute approximate surface area is 172 Å². The summed E-state index contributed by atoms with van der Waals surface area (Å²) in [4.78, 5) is 20.5. The second kappa shape index (κ2) is 7.68. The van der Waals surface area contributed by atoms with Gasteiger partial charge in [-0.2, -0.15) is 0 Å². The maximum Gasteiger partial charge on any atom is 0.254 e. The van der Waals surface area contributed by atoms with E-state index in [0.29, 0.717) is 16.9 Å². The molecule has 0 saturated heterocycles. The number of nitrogens with one attached hydrogen (secondary N) is 1. The van der Waals surface area contributed by atoms with Gasteiger partial charge in [-0.15, -0.1) is 0 Å². The first kappa shape index (κ1) is 19.7. The van der Waals surface area contributed by atoms with Gasteiger partial charge in [-0.1, -0.05) is 18.2 Å². The number of fused-ring (bicyclic) bond motifs is 1. The molecule has 4 aromatic rings. The number of aromatic nitrogens is 3. The minimum absolute atomic E-state index is 0.0565. The monoisotopic (exact) mass is 424 g/mol. The van der Waals surface area contributed by atoms with Gasteiger partial charge in [0.25, 0.3) is 5.91 Å². The van der Waals surface area contributed by atoms with Gasteiger partial charge in [0.1, 0.15) is 5.82 Å². The van der Waals surface area contributed by atoms with E-state index in [1.807, 2.05) is 0 Å². The zero-order valence-corrected chi connectivity index (χ0v) is 16.7. The van der Waals surface area contributed by atoms with Crippen LogP contribution in [0.4, 0.5) is 4.39 Å². The molecule has 30 heavy (non-hydrogen) atoms. The van der Waals surface area contributed by atoms with Gasteiger partial charge in [0, 0.05) is 31.3 Å². The predicted octanol–water partition coefficient (Wildman–Crippen LogP) is 2.94. The van der Waals surface area contributed by atoms with Crippen LogP contribution in [0, 0.1) is 12.7 Å². The van der Waals surface area contributed by atoms with Crippen LogP contribution in [0.2, 0.25) is 0 Å². The molecule has 0 saturated carbocycles. The van der Waals surface area contributed by atoms with Gasteiger partial charge in [-0.3, -0.25) is 9.20 Å². The van der Waals surface area contributed by atoms with Crippen LogP contribution in [0.3, 0.4) is 0 Å². The van der Waals surface area contributed by atoms with Crippen molar-refractivity contribution < 1.29 is 17.6 Å². The summed E-state index contributed by atoms with van der Waals surface area (Å²) in [5.41, 5.74) is 1.56. The fraction of sp³-hybridized carbons (Fsp3) is 0.0952. The number of carbonyl (C=O) groups is 1. The predicted molar refractivity (Wildman–Crippen MR) is 107 cm³/mol. The summed E-state index contributed by atoms with van der Waals surface area (Å²) in [6, 6.07) is 9.78. The highest BCUT2D eigenvalue weighted by Gasteiger charge is 2.20. The number of hydrogen-bond acceptors (Lipinski definition) is 5. The summed E-state index contributed by atoms with van der Waals surface area (Å²) in [6.45, 7) is 1.83. The summed E-state index contributed by atoms with van der Waals surface area (Å²) in [5, 5.41) is 2.77. The molecule has 0 atom stereocenters. The topological polar surface area (TPSA) is 93.4 Å². The van der Waals surface area contributed by atoms with Gasteiger partial charge in [-0.25, -0.2) is 22.8 Å². The Morgan fingerprint density at radius 2 is 1.90 bits per heavy atom. The van der Waals surface area contributed by atoms with Gasteiger partial charge < -0.3 is 5.32 Å². The van der Waals surface area contributed by atoms with E-state index in [4.69, 9.17) is 0 Å². The lowest BCUT2D eigenvalue weighted by Gasteiger charge is -2.10. The Balaban J connectivity index is 1.48. The van der Waals surface area contributed by atoms with Gasteiger partial charge in [0.2, 0.25) is 15.6 Å². The number of benzene rings is 2. The molecule has 0 fully saturated rings. The fourth-order valence-corrected chi connectivity index (χ4v) is 4.50. The molecule has 0 radical (unpaired) electrons. The molecule has 1 N–H and O–H groups in total. The molecule has 0 aliphatic rings. The molecule has 9 heteroatoms. The minimum atomic E-state index is -3.84. The van der Waals surface area contributed by atoms with Crippen LogP contribution in [0.15, 0.2) is 77.0 Å². The van der Waals surface area contributed by atoms with E-state index in [0.717, 1.165) is 11.6 Å². The van der Waals surface area contributed by atoms with Crippen molar-refractivity contribution in [2.45, 2.75) is 23.3 Å². The number of carbonyl (C=O) groups excluding carboxylic acids is 1. The first-order valence-corrected chi connectivity index (χ1v) is 10.5. The lowest BCUT2D eigenvalue weighted by atomic mass is 10.2. The third kappa shape index (κ3) is 3.79. The lowest BCUT2D eigenvalue weighted by Crippen LogP contribution is -2.23. The van der Waals surface area contributed by atoms with Crippen LogP contribution in [0.1, 0.15) is 21.5 Å². The van der Waals surface area contributed by atoms with Gasteiger partial charge in [0.05, 0.1) is 15.4 Å². The van der Waals surface area contributed by atoms with Gasteiger partial charge >= 0.3 is 0 Å². The maximum absolute atomic E-state index is 13.5. The van der Waals surface area contributed by atoms with Crippen molar-refractivity contribution in [3.05, 3.63) is 89.8 Å². The quantitative estimate of drug-likeness (QED) is 0.532. The third-order valence-corrected chi connectivity index (χ3v) is 6.55. The van der Waals surface area contributed by atoms with Gasteiger partial charge in [-0.05, 0) is 42.3 Å². The summed E-state index contributed by atoms with van der Waals surface area (Å²) >= 11 is 0. The van der Waals surface area contributed by atoms with Crippen molar-refractivity contribution in [2.75, 3.05) is 0 Å². The maximum atomic E-state index is 13.5. The molecule has 2 aromatic heterocycles. The number of sulfone groups is 1. The number of rotatable bonds is 5. The van der Waals surface area contributed by atoms with Crippen molar-refractivity contribution >= 4 is 21.5 Å². The highest BCUT2D eigenvalue weighted by atomic mass is 32.2. The van der Waals surface area contributed by atoms with E-state index in [-0.39, 0.29) is 22.2 Å². The molecule has 2 heterocycles.